The monoisotopic (exact) mass is 360 g/mol. The molecule has 0 spiro atoms. The molecule has 0 amide bonds. The fraction of sp³-hybridized carbons (Fsp3) is 0.286. The second-order valence-electron chi connectivity index (χ2n) is 4.22. The van der Waals surface area contributed by atoms with Gasteiger partial charge in [0.2, 0.25) is 0 Å². The molecule has 0 saturated carbocycles. The molecule has 2 N–H and O–H groups in total. The van der Waals surface area contributed by atoms with Crippen LogP contribution < -0.4 is 5.73 Å². The van der Waals surface area contributed by atoms with Crippen LogP contribution in [0.15, 0.2) is 46.3 Å². The molecular formula is C14H18BrClN2S. The van der Waals surface area contributed by atoms with Crippen LogP contribution >= 0.6 is 39.7 Å². The van der Waals surface area contributed by atoms with Crippen molar-refractivity contribution in [3.8, 4) is 0 Å². The predicted octanol–water partition coefficient (Wildman–Crippen LogP) is 3.89. The summed E-state index contributed by atoms with van der Waals surface area (Å²) in [5, 5.41) is 2.12. The van der Waals surface area contributed by atoms with Crippen molar-refractivity contribution in [3.05, 3.63) is 56.7 Å². The molecule has 1 heterocycles. The van der Waals surface area contributed by atoms with Crippen LogP contribution in [0.3, 0.4) is 0 Å². The molecule has 5 heteroatoms. The van der Waals surface area contributed by atoms with Gasteiger partial charge in [0.15, 0.2) is 0 Å². The summed E-state index contributed by atoms with van der Waals surface area (Å²) in [6, 6.07) is 12.7. The molecule has 0 unspecified atom stereocenters. The molecule has 0 aliphatic carbocycles. The lowest BCUT2D eigenvalue weighted by Gasteiger charge is -2.20. The van der Waals surface area contributed by atoms with E-state index in [1.807, 2.05) is 6.07 Å². The SMILES string of the molecule is Cl.NCCN(Cc1ccccc1)Cc1cc(Br)cs1. The van der Waals surface area contributed by atoms with E-state index in [1.54, 1.807) is 11.3 Å². The van der Waals surface area contributed by atoms with Gasteiger partial charge in [-0.3, -0.25) is 4.90 Å². The summed E-state index contributed by atoms with van der Waals surface area (Å²) in [5.74, 6) is 0. The van der Waals surface area contributed by atoms with Crippen molar-refractivity contribution in [2.24, 2.45) is 5.73 Å². The van der Waals surface area contributed by atoms with Gasteiger partial charge in [-0.2, -0.15) is 0 Å². The van der Waals surface area contributed by atoms with E-state index in [0.29, 0.717) is 6.54 Å². The first-order valence-corrected chi connectivity index (χ1v) is 7.64. The third-order valence-electron chi connectivity index (χ3n) is 2.70. The number of nitrogens with zero attached hydrogens (tertiary/aromatic N) is 1. The zero-order valence-electron chi connectivity index (χ0n) is 10.6. The Balaban J connectivity index is 0.00000180. The molecule has 0 aliphatic heterocycles. The van der Waals surface area contributed by atoms with Crippen LogP contribution in [0.2, 0.25) is 0 Å². The molecule has 2 aromatic rings. The van der Waals surface area contributed by atoms with Crippen LogP contribution in [0.1, 0.15) is 10.4 Å². The maximum absolute atomic E-state index is 5.69. The molecule has 19 heavy (non-hydrogen) atoms. The number of nitrogens with two attached hydrogens (primary N) is 1. The Labute approximate surface area is 133 Å². The van der Waals surface area contributed by atoms with Gasteiger partial charge in [-0.25, -0.2) is 0 Å². The third kappa shape index (κ3) is 5.63. The lowest BCUT2D eigenvalue weighted by Crippen LogP contribution is -2.28. The number of thiophene rings is 1. The highest BCUT2D eigenvalue weighted by atomic mass is 79.9. The first kappa shape index (κ1) is 16.7. The molecule has 2 nitrogen and oxygen atoms in total. The molecule has 2 rings (SSSR count). The molecule has 0 radical (unpaired) electrons. The van der Waals surface area contributed by atoms with Crippen molar-refractivity contribution in [1.82, 2.24) is 4.90 Å². The Morgan fingerprint density at radius 2 is 1.89 bits per heavy atom. The Hall–Kier alpha value is -0.390. The Kier molecular flexibility index (Phi) is 7.64. The van der Waals surface area contributed by atoms with Gasteiger partial charge in [-0.15, -0.1) is 23.7 Å². The van der Waals surface area contributed by atoms with Gasteiger partial charge in [-0.1, -0.05) is 30.3 Å². The number of hydrogen-bond acceptors (Lipinski definition) is 3. The first-order chi connectivity index (χ1) is 8.78. The number of hydrogen-bond donors (Lipinski definition) is 1. The largest absolute Gasteiger partial charge is 0.329 e. The van der Waals surface area contributed by atoms with E-state index >= 15 is 0 Å². The quantitative estimate of drug-likeness (QED) is 0.845. The Morgan fingerprint density at radius 3 is 2.47 bits per heavy atom. The van der Waals surface area contributed by atoms with Gasteiger partial charge in [0.05, 0.1) is 0 Å². The second-order valence-corrected chi connectivity index (χ2v) is 6.13. The number of rotatable bonds is 6. The lowest BCUT2D eigenvalue weighted by molar-refractivity contribution is 0.267. The van der Waals surface area contributed by atoms with E-state index in [-0.39, 0.29) is 12.4 Å². The van der Waals surface area contributed by atoms with Gasteiger partial charge < -0.3 is 5.73 Å². The molecule has 1 aromatic heterocycles. The van der Waals surface area contributed by atoms with Crippen molar-refractivity contribution in [2.45, 2.75) is 13.1 Å². The molecular weight excluding hydrogens is 344 g/mol. The summed E-state index contributed by atoms with van der Waals surface area (Å²) < 4.78 is 1.16. The van der Waals surface area contributed by atoms with Crippen LogP contribution in [0.5, 0.6) is 0 Å². The standard InChI is InChI=1S/C14H17BrN2S.ClH/c15-13-8-14(18-11-13)10-17(7-6-16)9-12-4-2-1-3-5-12;/h1-5,8,11H,6-7,9-10,16H2;1H. The van der Waals surface area contributed by atoms with Gasteiger partial charge in [0, 0.05) is 40.9 Å². The van der Waals surface area contributed by atoms with Crippen molar-refractivity contribution >= 4 is 39.7 Å². The highest BCUT2D eigenvalue weighted by Crippen LogP contribution is 2.21. The lowest BCUT2D eigenvalue weighted by atomic mass is 10.2. The van der Waals surface area contributed by atoms with Crippen molar-refractivity contribution in [1.29, 1.82) is 0 Å². The summed E-state index contributed by atoms with van der Waals surface area (Å²) in [4.78, 5) is 3.75. The number of benzene rings is 1. The average molecular weight is 362 g/mol. The number of halogens is 2. The minimum atomic E-state index is 0. The zero-order chi connectivity index (χ0) is 12.8. The molecule has 0 atom stereocenters. The topological polar surface area (TPSA) is 29.3 Å². The van der Waals surface area contributed by atoms with E-state index in [2.05, 4.69) is 56.5 Å². The summed E-state index contributed by atoms with van der Waals surface area (Å²) >= 11 is 5.28. The maximum Gasteiger partial charge on any atom is 0.0332 e. The molecule has 104 valence electrons. The van der Waals surface area contributed by atoms with Crippen LogP contribution in [-0.4, -0.2) is 18.0 Å². The normalized spacial score (nSPS) is 10.5. The molecule has 0 saturated heterocycles. The van der Waals surface area contributed by atoms with Crippen LogP contribution in [-0.2, 0) is 13.1 Å². The minimum absolute atomic E-state index is 0. The van der Waals surface area contributed by atoms with Gasteiger partial charge in [-0.05, 0) is 27.6 Å². The van der Waals surface area contributed by atoms with Crippen LogP contribution in [0.4, 0.5) is 0 Å². The fourth-order valence-corrected chi connectivity index (χ4v) is 3.39. The Morgan fingerprint density at radius 1 is 1.16 bits per heavy atom. The van der Waals surface area contributed by atoms with Crippen LogP contribution in [0.25, 0.3) is 0 Å². The van der Waals surface area contributed by atoms with Crippen molar-refractivity contribution < 1.29 is 0 Å². The average Bonchev–Trinajstić information content (AvgIpc) is 2.76. The van der Waals surface area contributed by atoms with E-state index in [9.17, 15) is 0 Å². The summed E-state index contributed by atoms with van der Waals surface area (Å²) in [6.07, 6.45) is 0. The second kappa shape index (κ2) is 8.72. The highest BCUT2D eigenvalue weighted by Gasteiger charge is 2.07. The maximum atomic E-state index is 5.69. The van der Waals surface area contributed by atoms with Crippen molar-refractivity contribution in [2.75, 3.05) is 13.1 Å². The smallest absolute Gasteiger partial charge is 0.0332 e. The summed E-state index contributed by atoms with van der Waals surface area (Å²) in [7, 11) is 0. The van der Waals surface area contributed by atoms with Gasteiger partial charge >= 0.3 is 0 Å². The fourth-order valence-electron chi connectivity index (χ4n) is 1.90. The predicted molar refractivity (Wildman–Crippen MR) is 88.9 cm³/mol. The highest BCUT2D eigenvalue weighted by molar-refractivity contribution is 9.10. The molecule has 0 bridgehead atoms. The summed E-state index contributed by atoms with van der Waals surface area (Å²) in [5.41, 5.74) is 7.03. The zero-order valence-corrected chi connectivity index (χ0v) is 13.8. The van der Waals surface area contributed by atoms with Gasteiger partial charge in [0.25, 0.3) is 0 Å². The van der Waals surface area contributed by atoms with E-state index in [1.165, 1.54) is 10.4 Å². The molecule has 1 aromatic carbocycles. The molecule has 0 aliphatic rings. The minimum Gasteiger partial charge on any atom is -0.329 e. The van der Waals surface area contributed by atoms with E-state index < -0.39 is 0 Å². The van der Waals surface area contributed by atoms with Crippen molar-refractivity contribution in [3.63, 3.8) is 0 Å². The molecule has 0 fully saturated rings. The van der Waals surface area contributed by atoms with E-state index in [4.69, 9.17) is 5.73 Å². The first-order valence-electron chi connectivity index (χ1n) is 5.97. The summed E-state index contributed by atoms with van der Waals surface area (Å²) in [6.45, 7) is 3.53. The van der Waals surface area contributed by atoms with Gasteiger partial charge in [0.1, 0.15) is 0 Å². The Bertz CT molecular complexity index is 475. The van der Waals surface area contributed by atoms with Crippen LogP contribution in [0, 0.1) is 0 Å². The van der Waals surface area contributed by atoms with E-state index in [0.717, 1.165) is 24.1 Å². The third-order valence-corrected chi connectivity index (χ3v) is 4.38.